The number of H-pyrrole nitrogens is 1. The summed E-state index contributed by atoms with van der Waals surface area (Å²) >= 11 is 0. The first-order chi connectivity index (χ1) is 13.3. The van der Waals surface area contributed by atoms with Gasteiger partial charge in [0.05, 0.1) is 0 Å². The summed E-state index contributed by atoms with van der Waals surface area (Å²) in [6.07, 6.45) is -1.27. The molecule has 0 aliphatic carbocycles. The molecule has 0 saturated carbocycles. The number of rotatable bonds is 4. The molecular weight excluding hydrogens is 401 g/mol. The Morgan fingerprint density at radius 2 is 2.00 bits per heavy atom. The van der Waals surface area contributed by atoms with E-state index in [9.17, 15) is 23.3 Å². The number of benzene rings is 1. The molecule has 0 bridgehead atoms. The van der Waals surface area contributed by atoms with Gasteiger partial charge in [-0.3, -0.25) is 0 Å². The molecule has 4 rings (SSSR count). The molecule has 1 aromatic carbocycles. The molecule has 0 spiro atoms. The maximum atomic E-state index is 13.5. The molecule has 3 heterocycles. The van der Waals surface area contributed by atoms with E-state index in [1.54, 1.807) is 0 Å². The Hall–Kier alpha value is -2.01. The SMILES string of the molecule is O=c1[nH]c(=O)n([C@H]2C[C@@H]3O[PH](O)(OCc4ccc(F)cc4)OC[C@H]3O2)cc1F. The van der Waals surface area contributed by atoms with Gasteiger partial charge in [-0.05, 0) is 0 Å². The first kappa shape index (κ1) is 19.3. The average Bonchev–Trinajstić information content (AvgIpc) is 3.07. The monoisotopic (exact) mass is 418 g/mol. The van der Waals surface area contributed by atoms with E-state index >= 15 is 0 Å². The number of fused-ring (bicyclic) bond motifs is 1. The molecule has 12 heteroatoms. The first-order valence-electron chi connectivity index (χ1n) is 8.42. The van der Waals surface area contributed by atoms with Crippen molar-refractivity contribution < 1.29 is 32.0 Å². The van der Waals surface area contributed by atoms with Crippen LogP contribution in [0, 0.1) is 11.6 Å². The third-order valence-electron chi connectivity index (χ3n) is 4.48. The molecule has 0 radical (unpaired) electrons. The minimum atomic E-state index is -3.98. The zero-order chi connectivity index (χ0) is 19.9. The molecule has 2 N–H and O–H groups in total. The molecule has 2 aliphatic rings. The third-order valence-corrected chi connectivity index (χ3v) is 6.12. The standard InChI is InChI=1S/C16H17F2N2O7P/c17-10-3-1-9(2-4-10)7-24-28(23)25-8-13-12(27-28)5-14(26-13)20-6-11(18)15(21)19-16(20)22/h1-4,6,12-14,23,28H,5,7-8H2,(H,19,21,22)/t12-,13+,14+/m0/s1. The fraction of sp³-hybridized carbons (Fsp3) is 0.375. The van der Waals surface area contributed by atoms with Crippen molar-refractivity contribution >= 4 is 8.17 Å². The van der Waals surface area contributed by atoms with Crippen molar-refractivity contribution in [3.8, 4) is 0 Å². The molecule has 2 aromatic rings. The van der Waals surface area contributed by atoms with Gasteiger partial charge in [0.2, 0.25) is 0 Å². The molecule has 152 valence electrons. The van der Waals surface area contributed by atoms with Crippen LogP contribution in [0.3, 0.4) is 0 Å². The van der Waals surface area contributed by atoms with Gasteiger partial charge >= 0.3 is 156 Å². The van der Waals surface area contributed by atoms with E-state index in [2.05, 4.69) is 0 Å². The molecule has 9 nitrogen and oxygen atoms in total. The van der Waals surface area contributed by atoms with E-state index in [0.717, 1.165) is 10.8 Å². The topological polar surface area (TPSA) is 112 Å². The molecule has 2 saturated heterocycles. The number of halogens is 2. The van der Waals surface area contributed by atoms with Gasteiger partial charge in [-0.25, -0.2) is 0 Å². The maximum absolute atomic E-state index is 13.5. The van der Waals surface area contributed by atoms with E-state index in [0.29, 0.717) is 5.56 Å². The Kier molecular flexibility index (Phi) is 5.13. The quantitative estimate of drug-likeness (QED) is 0.716. The van der Waals surface area contributed by atoms with Gasteiger partial charge in [0.15, 0.2) is 0 Å². The second-order valence-corrected chi connectivity index (χ2v) is 8.28. The summed E-state index contributed by atoms with van der Waals surface area (Å²) in [6, 6.07) is 5.54. The summed E-state index contributed by atoms with van der Waals surface area (Å²) in [7, 11) is -3.98. The van der Waals surface area contributed by atoms with Gasteiger partial charge in [-0.2, -0.15) is 0 Å². The van der Waals surface area contributed by atoms with Gasteiger partial charge in [0.1, 0.15) is 0 Å². The van der Waals surface area contributed by atoms with Crippen molar-refractivity contribution in [3.05, 3.63) is 68.5 Å². The van der Waals surface area contributed by atoms with Crippen molar-refractivity contribution in [2.75, 3.05) is 6.61 Å². The molecule has 0 unspecified atom stereocenters. The molecule has 0 amide bonds. The van der Waals surface area contributed by atoms with E-state index in [-0.39, 0.29) is 19.6 Å². The van der Waals surface area contributed by atoms with Gasteiger partial charge in [-0.15, -0.1) is 0 Å². The van der Waals surface area contributed by atoms with E-state index in [4.69, 9.17) is 18.3 Å². The van der Waals surface area contributed by atoms with Crippen LogP contribution in [0.25, 0.3) is 0 Å². The summed E-state index contributed by atoms with van der Waals surface area (Å²) in [6.45, 7) is -0.0941. The van der Waals surface area contributed by atoms with Crippen LogP contribution in [0.15, 0.2) is 40.1 Å². The number of nitrogens with zero attached hydrogens (tertiary/aromatic N) is 1. The second kappa shape index (κ2) is 7.43. The normalized spacial score (nSPS) is 27.3. The summed E-state index contributed by atoms with van der Waals surface area (Å²) in [5, 5.41) is 0. The predicted octanol–water partition coefficient (Wildman–Crippen LogP) is 1.14. The Balaban J connectivity index is 1.43. The van der Waals surface area contributed by atoms with Gasteiger partial charge in [-0.1, -0.05) is 0 Å². The molecule has 1 aromatic heterocycles. The molecule has 3 atom stereocenters. The van der Waals surface area contributed by atoms with Crippen molar-refractivity contribution in [2.24, 2.45) is 0 Å². The van der Waals surface area contributed by atoms with Crippen LogP contribution in [0.2, 0.25) is 0 Å². The Morgan fingerprint density at radius 1 is 1.25 bits per heavy atom. The van der Waals surface area contributed by atoms with Crippen molar-refractivity contribution in [2.45, 2.75) is 31.5 Å². The number of aromatic nitrogens is 2. The summed E-state index contributed by atoms with van der Waals surface area (Å²) in [4.78, 5) is 35.4. The average molecular weight is 418 g/mol. The second-order valence-electron chi connectivity index (χ2n) is 6.41. The number of aromatic amines is 1. The molecular formula is C16H17F2N2O7P. The summed E-state index contributed by atoms with van der Waals surface area (Å²) < 4.78 is 49.3. The van der Waals surface area contributed by atoms with Crippen LogP contribution >= 0.6 is 8.17 Å². The fourth-order valence-corrected chi connectivity index (χ4v) is 4.64. The van der Waals surface area contributed by atoms with Gasteiger partial charge in [0.25, 0.3) is 0 Å². The molecule has 2 aliphatic heterocycles. The Morgan fingerprint density at radius 3 is 2.75 bits per heavy atom. The van der Waals surface area contributed by atoms with Crippen LogP contribution in [-0.4, -0.2) is 33.3 Å². The predicted molar refractivity (Wildman–Crippen MR) is 92.4 cm³/mol. The Labute approximate surface area is 157 Å². The van der Waals surface area contributed by atoms with Crippen LogP contribution in [0.1, 0.15) is 18.2 Å². The number of hydrogen-bond donors (Lipinski definition) is 2. The van der Waals surface area contributed by atoms with E-state index in [1.165, 1.54) is 24.3 Å². The van der Waals surface area contributed by atoms with Gasteiger partial charge in [0, 0.05) is 0 Å². The molecule has 28 heavy (non-hydrogen) atoms. The third kappa shape index (κ3) is 3.90. The number of hydrogen-bond acceptors (Lipinski definition) is 7. The van der Waals surface area contributed by atoms with Crippen LogP contribution in [0.4, 0.5) is 8.78 Å². The van der Waals surface area contributed by atoms with Gasteiger partial charge < -0.3 is 0 Å². The number of nitrogens with one attached hydrogen (secondary N) is 1. The summed E-state index contributed by atoms with van der Waals surface area (Å²) in [5.41, 5.74) is -1.32. The van der Waals surface area contributed by atoms with Crippen LogP contribution in [0.5, 0.6) is 0 Å². The summed E-state index contributed by atoms with van der Waals surface area (Å²) in [5.74, 6) is -1.51. The number of ether oxygens (including phenoxy) is 1. The van der Waals surface area contributed by atoms with Crippen LogP contribution in [-0.2, 0) is 24.9 Å². The van der Waals surface area contributed by atoms with Crippen molar-refractivity contribution in [1.82, 2.24) is 9.55 Å². The zero-order valence-electron chi connectivity index (χ0n) is 14.3. The minimum absolute atomic E-state index is 0.0464. The molecule has 2 fully saturated rings. The first-order valence-corrected chi connectivity index (χ1v) is 10.1. The Bertz CT molecular complexity index is 982. The van der Waals surface area contributed by atoms with Crippen molar-refractivity contribution in [1.29, 1.82) is 0 Å². The van der Waals surface area contributed by atoms with E-state index < -0.39 is 49.5 Å². The van der Waals surface area contributed by atoms with Crippen LogP contribution < -0.4 is 11.2 Å². The van der Waals surface area contributed by atoms with Crippen molar-refractivity contribution in [3.63, 3.8) is 0 Å². The van der Waals surface area contributed by atoms with E-state index in [1.807, 2.05) is 4.98 Å². The fourth-order valence-electron chi connectivity index (χ4n) is 3.06. The zero-order valence-corrected chi connectivity index (χ0v) is 15.3.